The summed E-state index contributed by atoms with van der Waals surface area (Å²) in [5.74, 6) is -0.335. The molecule has 0 saturated carbocycles. The van der Waals surface area contributed by atoms with Crippen LogP contribution < -0.4 is 10.5 Å². The van der Waals surface area contributed by atoms with Gasteiger partial charge in [-0.2, -0.15) is 5.26 Å². The first-order valence-corrected chi connectivity index (χ1v) is 4.40. The molecule has 0 radical (unpaired) electrons. The minimum Gasteiger partial charge on any atom is -0.406 e. The number of halogens is 3. The zero-order chi connectivity index (χ0) is 12.2. The van der Waals surface area contributed by atoms with E-state index in [9.17, 15) is 13.2 Å². The van der Waals surface area contributed by atoms with Gasteiger partial charge >= 0.3 is 6.36 Å². The Kier molecular flexibility index (Phi) is 3.74. The molecule has 16 heavy (non-hydrogen) atoms. The number of hydrogen-bond acceptors (Lipinski definition) is 3. The van der Waals surface area contributed by atoms with Crippen LogP contribution in [0.15, 0.2) is 24.3 Å². The number of rotatable bonds is 3. The van der Waals surface area contributed by atoms with Crippen molar-refractivity contribution in [2.45, 2.75) is 18.8 Å². The fourth-order valence-electron chi connectivity index (χ4n) is 1.16. The molecule has 3 nitrogen and oxygen atoms in total. The number of nitrogens with zero attached hydrogens (tertiary/aromatic N) is 1. The highest BCUT2D eigenvalue weighted by atomic mass is 19.4. The molecular weight excluding hydrogens is 221 g/mol. The fourth-order valence-corrected chi connectivity index (χ4v) is 1.16. The predicted molar refractivity (Wildman–Crippen MR) is 50.3 cm³/mol. The van der Waals surface area contributed by atoms with Crippen LogP contribution in [0.3, 0.4) is 0 Å². The number of benzene rings is 1. The summed E-state index contributed by atoms with van der Waals surface area (Å²) in [6.45, 7) is 0. The summed E-state index contributed by atoms with van der Waals surface area (Å²) in [6.07, 6.45) is -4.69. The molecule has 1 aromatic carbocycles. The lowest BCUT2D eigenvalue weighted by atomic mass is 10.1. The Bertz CT molecular complexity index is 398. The van der Waals surface area contributed by atoms with Crippen molar-refractivity contribution in [3.05, 3.63) is 29.8 Å². The van der Waals surface area contributed by atoms with E-state index in [0.717, 1.165) is 0 Å². The van der Waals surface area contributed by atoms with Gasteiger partial charge in [0.2, 0.25) is 0 Å². The molecule has 0 amide bonds. The van der Waals surface area contributed by atoms with Crippen molar-refractivity contribution < 1.29 is 17.9 Å². The molecule has 0 aromatic heterocycles. The highest BCUT2D eigenvalue weighted by Gasteiger charge is 2.31. The maximum atomic E-state index is 11.9. The Balaban J connectivity index is 2.83. The molecular formula is C10H9F3N2O. The molecule has 1 aromatic rings. The van der Waals surface area contributed by atoms with Crippen LogP contribution in [0.25, 0.3) is 0 Å². The van der Waals surface area contributed by atoms with Crippen molar-refractivity contribution in [2.24, 2.45) is 5.73 Å². The minimum atomic E-state index is -4.72. The van der Waals surface area contributed by atoms with Crippen LogP contribution in [0.2, 0.25) is 0 Å². The maximum absolute atomic E-state index is 11.9. The Morgan fingerprint density at radius 1 is 1.44 bits per heavy atom. The first kappa shape index (κ1) is 12.3. The van der Waals surface area contributed by atoms with Crippen molar-refractivity contribution in [1.82, 2.24) is 0 Å². The van der Waals surface area contributed by atoms with Gasteiger partial charge in [0.1, 0.15) is 5.75 Å². The summed E-state index contributed by atoms with van der Waals surface area (Å²) in [4.78, 5) is 0. The monoisotopic (exact) mass is 230 g/mol. The first-order chi connectivity index (χ1) is 7.42. The van der Waals surface area contributed by atoms with E-state index in [1.165, 1.54) is 18.2 Å². The Hall–Kier alpha value is -1.74. The summed E-state index contributed by atoms with van der Waals surface area (Å²) in [5.41, 5.74) is 6.01. The van der Waals surface area contributed by atoms with Gasteiger partial charge in [0, 0.05) is 6.04 Å². The van der Waals surface area contributed by atoms with Crippen molar-refractivity contribution in [2.75, 3.05) is 0 Å². The van der Waals surface area contributed by atoms with Crippen LogP contribution in [-0.4, -0.2) is 6.36 Å². The molecule has 6 heteroatoms. The molecule has 1 rings (SSSR count). The third-order valence-electron chi connectivity index (χ3n) is 1.83. The third-order valence-corrected chi connectivity index (χ3v) is 1.83. The second-order valence-corrected chi connectivity index (χ2v) is 3.09. The van der Waals surface area contributed by atoms with Crippen molar-refractivity contribution in [3.8, 4) is 11.8 Å². The van der Waals surface area contributed by atoms with Gasteiger partial charge < -0.3 is 10.5 Å². The van der Waals surface area contributed by atoms with Gasteiger partial charge in [-0.3, -0.25) is 0 Å². The van der Waals surface area contributed by atoms with Crippen LogP contribution in [0.1, 0.15) is 18.0 Å². The van der Waals surface area contributed by atoms with E-state index in [1.54, 1.807) is 6.07 Å². The van der Waals surface area contributed by atoms with Gasteiger partial charge in [-0.25, -0.2) is 0 Å². The molecule has 86 valence electrons. The van der Waals surface area contributed by atoms with E-state index in [-0.39, 0.29) is 12.2 Å². The standard InChI is InChI=1S/C10H9F3N2O/c11-10(12,13)16-8-3-1-2-7(6-8)9(15)4-5-14/h1-3,6,9H,4,15H2/t9-/m0/s1. The molecule has 0 aliphatic heterocycles. The van der Waals surface area contributed by atoms with Crippen molar-refractivity contribution in [1.29, 1.82) is 5.26 Å². The molecule has 0 spiro atoms. The second-order valence-electron chi connectivity index (χ2n) is 3.09. The molecule has 0 unspecified atom stereocenters. The van der Waals surface area contributed by atoms with E-state index in [0.29, 0.717) is 5.56 Å². The molecule has 1 atom stereocenters. The topological polar surface area (TPSA) is 59.0 Å². The third kappa shape index (κ3) is 3.79. The predicted octanol–water partition coefficient (Wildman–Crippen LogP) is 2.50. The van der Waals surface area contributed by atoms with E-state index in [1.807, 2.05) is 6.07 Å². The van der Waals surface area contributed by atoms with Crippen LogP contribution in [0.5, 0.6) is 5.75 Å². The van der Waals surface area contributed by atoms with Crippen LogP contribution in [-0.2, 0) is 0 Å². The lowest BCUT2D eigenvalue weighted by Crippen LogP contribution is -2.17. The van der Waals surface area contributed by atoms with E-state index >= 15 is 0 Å². The summed E-state index contributed by atoms with van der Waals surface area (Å²) >= 11 is 0. The Morgan fingerprint density at radius 2 is 2.12 bits per heavy atom. The number of nitriles is 1. The van der Waals surface area contributed by atoms with Gasteiger partial charge in [-0.1, -0.05) is 12.1 Å². The Labute approximate surface area is 90.2 Å². The molecule has 2 N–H and O–H groups in total. The number of ether oxygens (including phenoxy) is 1. The van der Waals surface area contributed by atoms with E-state index in [4.69, 9.17) is 11.0 Å². The van der Waals surface area contributed by atoms with Crippen LogP contribution in [0, 0.1) is 11.3 Å². The lowest BCUT2D eigenvalue weighted by molar-refractivity contribution is -0.274. The Morgan fingerprint density at radius 3 is 2.69 bits per heavy atom. The summed E-state index contributed by atoms with van der Waals surface area (Å²) in [7, 11) is 0. The quantitative estimate of drug-likeness (QED) is 0.867. The van der Waals surface area contributed by atoms with Crippen molar-refractivity contribution in [3.63, 3.8) is 0 Å². The molecule has 0 heterocycles. The van der Waals surface area contributed by atoms with Crippen LogP contribution >= 0.6 is 0 Å². The largest absolute Gasteiger partial charge is 0.573 e. The zero-order valence-corrected chi connectivity index (χ0v) is 8.16. The molecule has 0 bridgehead atoms. The first-order valence-electron chi connectivity index (χ1n) is 4.40. The van der Waals surface area contributed by atoms with Gasteiger partial charge in [-0.05, 0) is 17.7 Å². The number of nitrogens with two attached hydrogens (primary N) is 1. The number of hydrogen-bond donors (Lipinski definition) is 1. The maximum Gasteiger partial charge on any atom is 0.573 e. The lowest BCUT2D eigenvalue weighted by Gasteiger charge is -2.12. The number of alkyl halides is 3. The van der Waals surface area contributed by atoms with Crippen molar-refractivity contribution >= 4 is 0 Å². The van der Waals surface area contributed by atoms with E-state index < -0.39 is 12.4 Å². The molecule has 0 aliphatic carbocycles. The minimum absolute atomic E-state index is 0.0372. The highest BCUT2D eigenvalue weighted by molar-refractivity contribution is 5.30. The summed E-state index contributed by atoms with van der Waals surface area (Å²) < 4.78 is 39.5. The highest BCUT2D eigenvalue weighted by Crippen LogP contribution is 2.25. The van der Waals surface area contributed by atoms with Crippen LogP contribution in [0.4, 0.5) is 13.2 Å². The van der Waals surface area contributed by atoms with Gasteiger partial charge in [-0.15, -0.1) is 13.2 Å². The SMILES string of the molecule is N#CC[C@H](N)c1cccc(OC(F)(F)F)c1. The average Bonchev–Trinajstić information content (AvgIpc) is 2.16. The molecule has 0 aliphatic rings. The molecule has 0 saturated heterocycles. The zero-order valence-electron chi connectivity index (χ0n) is 8.16. The van der Waals surface area contributed by atoms with Gasteiger partial charge in [0.15, 0.2) is 0 Å². The summed E-state index contributed by atoms with van der Waals surface area (Å²) in [5, 5.41) is 8.41. The second kappa shape index (κ2) is 4.86. The summed E-state index contributed by atoms with van der Waals surface area (Å²) in [6, 6.07) is 6.53. The average molecular weight is 230 g/mol. The smallest absolute Gasteiger partial charge is 0.406 e. The van der Waals surface area contributed by atoms with Gasteiger partial charge in [0.25, 0.3) is 0 Å². The normalized spacial score (nSPS) is 12.9. The van der Waals surface area contributed by atoms with Gasteiger partial charge in [0.05, 0.1) is 12.5 Å². The molecule has 0 fully saturated rings. The van der Waals surface area contributed by atoms with E-state index in [2.05, 4.69) is 4.74 Å². The fraction of sp³-hybridized carbons (Fsp3) is 0.300.